The lowest BCUT2D eigenvalue weighted by Gasteiger charge is -2.18. The fourth-order valence-corrected chi connectivity index (χ4v) is 2.56. The van der Waals surface area contributed by atoms with Crippen molar-refractivity contribution in [2.45, 2.75) is 37.2 Å². The van der Waals surface area contributed by atoms with Gasteiger partial charge in [-0.05, 0) is 18.6 Å². The Kier molecular flexibility index (Phi) is 6.83. The molecule has 1 aromatic rings. The molecule has 100 valence electrons. The van der Waals surface area contributed by atoms with Crippen molar-refractivity contribution in [2.24, 2.45) is 0 Å². The molecule has 3 nitrogen and oxygen atoms in total. The zero-order chi connectivity index (χ0) is 13.4. The van der Waals surface area contributed by atoms with Gasteiger partial charge in [0.2, 0.25) is 0 Å². The van der Waals surface area contributed by atoms with Crippen LogP contribution in [-0.4, -0.2) is 30.9 Å². The van der Waals surface area contributed by atoms with Gasteiger partial charge in [0, 0.05) is 16.7 Å². The monoisotopic (exact) mass is 267 g/mol. The van der Waals surface area contributed by atoms with Crippen LogP contribution in [0.2, 0.25) is 0 Å². The molecule has 0 fully saturated rings. The maximum Gasteiger partial charge on any atom is 0.322 e. The van der Waals surface area contributed by atoms with E-state index in [0.717, 1.165) is 12.2 Å². The molecule has 1 aromatic carbocycles. The zero-order valence-electron chi connectivity index (χ0n) is 11.2. The number of methoxy groups -OCH3 is 1. The molecule has 1 N–H and O–H groups in total. The number of hydrogen-bond donors (Lipinski definition) is 1. The molecule has 1 rings (SSSR count). The van der Waals surface area contributed by atoms with Gasteiger partial charge < -0.3 is 10.1 Å². The maximum absolute atomic E-state index is 11.6. The van der Waals surface area contributed by atoms with Gasteiger partial charge in [-0.3, -0.25) is 4.79 Å². The molecule has 0 spiro atoms. The van der Waals surface area contributed by atoms with Gasteiger partial charge in [0.1, 0.15) is 6.04 Å². The van der Waals surface area contributed by atoms with E-state index >= 15 is 0 Å². The quantitative estimate of drug-likeness (QED) is 0.609. The first-order chi connectivity index (χ1) is 8.63. The van der Waals surface area contributed by atoms with E-state index in [1.54, 1.807) is 11.8 Å². The lowest BCUT2D eigenvalue weighted by molar-refractivity contribution is -0.143. The molecule has 0 aliphatic carbocycles. The fraction of sp³-hybridized carbons (Fsp3) is 0.500. The van der Waals surface area contributed by atoms with E-state index in [1.807, 2.05) is 32.0 Å². The van der Waals surface area contributed by atoms with Crippen molar-refractivity contribution in [3.8, 4) is 0 Å². The van der Waals surface area contributed by atoms with Crippen molar-refractivity contribution in [1.29, 1.82) is 0 Å². The van der Waals surface area contributed by atoms with Crippen LogP contribution in [0.3, 0.4) is 0 Å². The highest BCUT2D eigenvalue weighted by Crippen LogP contribution is 2.18. The topological polar surface area (TPSA) is 38.3 Å². The van der Waals surface area contributed by atoms with E-state index in [2.05, 4.69) is 17.4 Å². The van der Waals surface area contributed by atoms with Crippen LogP contribution in [0.5, 0.6) is 0 Å². The third-order valence-corrected chi connectivity index (χ3v) is 3.48. The first-order valence-electron chi connectivity index (χ1n) is 6.15. The summed E-state index contributed by atoms with van der Waals surface area (Å²) in [7, 11) is 1.43. The predicted octanol–water partition coefficient (Wildman–Crippen LogP) is 2.71. The van der Waals surface area contributed by atoms with Gasteiger partial charge in [-0.25, -0.2) is 0 Å². The number of thioether (sulfide) groups is 1. The normalized spacial score (nSPS) is 12.4. The summed E-state index contributed by atoms with van der Waals surface area (Å²) in [6.07, 6.45) is 0.768. The summed E-state index contributed by atoms with van der Waals surface area (Å²) in [5.74, 6) is 0.709. The van der Waals surface area contributed by atoms with E-state index in [0.29, 0.717) is 0 Å². The maximum atomic E-state index is 11.6. The Balaban J connectivity index is 2.40. The van der Waals surface area contributed by atoms with E-state index in [-0.39, 0.29) is 18.1 Å². The van der Waals surface area contributed by atoms with Crippen molar-refractivity contribution in [2.75, 3.05) is 12.9 Å². The second kappa shape index (κ2) is 8.16. The number of carbonyl (C=O) groups is 1. The Morgan fingerprint density at radius 3 is 2.56 bits per heavy atom. The first-order valence-corrected chi connectivity index (χ1v) is 7.13. The molecule has 18 heavy (non-hydrogen) atoms. The number of benzene rings is 1. The number of nitrogens with one attached hydrogen (secondary N) is 1. The van der Waals surface area contributed by atoms with Crippen LogP contribution in [0.1, 0.15) is 20.3 Å². The minimum Gasteiger partial charge on any atom is -0.468 e. The molecule has 0 aliphatic rings. The Morgan fingerprint density at radius 1 is 1.33 bits per heavy atom. The summed E-state index contributed by atoms with van der Waals surface area (Å²) < 4.78 is 4.81. The molecule has 1 atom stereocenters. The Morgan fingerprint density at radius 2 is 2.00 bits per heavy atom. The molecule has 0 aromatic heterocycles. The molecule has 0 saturated heterocycles. The van der Waals surface area contributed by atoms with Crippen molar-refractivity contribution in [3.05, 3.63) is 30.3 Å². The van der Waals surface area contributed by atoms with Crippen molar-refractivity contribution >= 4 is 17.7 Å². The van der Waals surface area contributed by atoms with E-state index in [9.17, 15) is 4.79 Å². The van der Waals surface area contributed by atoms with Gasteiger partial charge in [-0.1, -0.05) is 32.0 Å². The summed E-state index contributed by atoms with van der Waals surface area (Å²) in [4.78, 5) is 12.8. The van der Waals surface area contributed by atoms with Crippen LogP contribution in [0.4, 0.5) is 0 Å². The van der Waals surface area contributed by atoms with Gasteiger partial charge in [-0.15, -0.1) is 11.8 Å². The van der Waals surface area contributed by atoms with Crippen LogP contribution in [0.15, 0.2) is 35.2 Å². The molecule has 0 bridgehead atoms. The van der Waals surface area contributed by atoms with Crippen LogP contribution < -0.4 is 5.32 Å². The highest BCUT2D eigenvalue weighted by Gasteiger charge is 2.19. The number of carbonyl (C=O) groups excluding carboxylic acids is 1. The summed E-state index contributed by atoms with van der Waals surface area (Å²) in [6, 6.07) is 10.3. The zero-order valence-corrected chi connectivity index (χ0v) is 12.0. The molecule has 0 heterocycles. The van der Waals surface area contributed by atoms with Crippen LogP contribution in [0.25, 0.3) is 0 Å². The second-order valence-corrected chi connectivity index (χ2v) is 5.52. The Bertz CT molecular complexity index is 354. The second-order valence-electron chi connectivity index (χ2n) is 4.35. The average molecular weight is 267 g/mol. The van der Waals surface area contributed by atoms with Crippen LogP contribution in [0, 0.1) is 0 Å². The molecular weight excluding hydrogens is 246 g/mol. The van der Waals surface area contributed by atoms with Gasteiger partial charge in [-0.2, -0.15) is 0 Å². The predicted molar refractivity (Wildman–Crippen MR) is 75.9 cm³/mol. The van der Waals surface area contributed by atoms with Crippen LogP contribution in [-0.2, 0) is 9.53 Å². The number of ether oxygens (including phenoxy) is 1. The smallest absolute Gasteiger partial charge is 0.322 e. The largest absolute Gasteiger partial charge is 0.468 e. The lowest BCUT2D eigenvalue weighted by Crippen LogP contribution is -2.41. The third-order valence-electron chi connectivity index (χ3n) is 2.44. The Labute approximate surface area is 113 Å². The molecule has 0 radical (unpaired) electrons. The summed E-state index contributed by atoms with van der Waals surface area (Å²) in [5, 5.41) is 3.23. The minimum absolute atomic E-state index is 0.183. The summed E-state index contributed by atoms with van der Waals surface area (Å²) >= 11 is 1.76. The van der Waals surface area contributed by atoms with E-state index in [1.165, 1.54) is 12.0 Å². The van der Waals surface area contributed by atoms with Crippen molar-refractivity contribution < 1.29 is 9.53 Å². The van der Waals surface area contributed by atoms with Gasteiger partial charge in [0.15, 0.2) is 0 Å². The third kappa shape index (κ3) is 5.56. The fourth-order valence-electron chi connectivity index (χ4n) is 1.63. The molecule has 0 aliphatic heterocycles. The van der Waals surface area contributed by atoms with Gasteiger partial charge in [0.05, 0.1) is 7.11 Å². The summed E-state index contributed by atoms with van der Waals surface area (Å²) in [5.41, 5.74) is 0. The minimum atomic E-state index is -0.216. The van der Waals surface area contributed by atoms with Gasteiger partial charge >= 0.3 is 5.97 Å². The number of hydrogen-bond acceptors (Lipinski definition) is 4. The standard InChI is InChI=1S/C14H21NO2S/c1-11(2)15-13(14(16)17-3)9-10-18-12-7-5-4-6-8-12/h4-8,11,13,15H,9-10H2,1-3H3. The van der Waals surface area contributed by atoms with E-state index < -0.39 is 0 Å². The van der Waals surface area contributed by atoms with Crippen molar-refractivity contribution in [1.82, 2.24) is 5.32 Å². The number of esters is 1. The van der Waals surface area contributed by atoms with Crippen molar-refractivity contribution in [3.63, 3.8) is 0 Å². The SMILES string of the molecule is COC(=O)C(CCSc1ccccc1)NC(C)C. The average Bonchev–Trinajstić information content (AvgIpc) is 2.37. The molecule has 0 saturated carbocycles. The lowest BCUT2D eigenvalue weighted by atomic mass is 10.2. The Hall–Kier alpha value is -1.00. The van der Waals surface area contributed by atoms with Crippen LogP contribution >= 0.6 is 11.8 Å². The molecule has 0 amide bonds. The number of rotatable bonds is 7. The molecule has 1 unspecified atom stereocenters. The highest BCUT2D eigenvalue weighted by molar-refractivity contribution is 7.99. The van der Waals surface area contributed by atoms with Gasteiger partial charge in [0.25, 0.3) is 0 Å². The summed E-state index contributed by atoms with van der Waals surface area (Å²) in [6.45, 7) is 4.06. The highest BCUT2D eigenvalue weighted by atomic mass is 32.2. The van der Waals surface area contributed by atoms with E-state index in [4.69, 9.17) is 4.74 Å². The first kappa shape index (κ1) is 15.1. The molecular formula is C14H21NO2S. The molecule has 4 heteroatoms.